The first-order chi connectivity index (χ1) is 20.5. The van der Waals surface area contributed by atoms with Crippen LogP contribution in [0.25, 0.3) is 0 Å². The molecule has 8 heteroatoms. The minimum absolute atomic E-state index is 0.0598. The van der Waals surface area contributed by atoms with Gasteiger partial charge in [-0.2, -0.15) is 5.10 Å². The average molecular weight is 609 g/mol. The number of rotatable bonds is 8. The smallest absolute Gasteiger partial charge is 0.303 e. The fourth-order valence-electron chi connectivity index (χ4n) is 11.1. The molecule has 2 spiro atoms. The molecule has 0 radical (unpaired) electrons. The summed E-state index contributed by atoms with van der Waals surface area (Å²) in [6.07, 6.45) is 10.3. The predicted molar refractivity (Wildman–Crippen MR) is 168 cm³/mol. The number of hydrogen-bond donors (Lipinski definition) is 0. The zero-order chi connectivity index (χ0) is 32.6. The van der Waals surface area contributed by atoms with E-state index in [1.165, 1.54) is 13.8 Å². The number of allylic oxidation sites excluding steroid dienone is 3. The molecule has 0 aliphatic heterocycles. The number of esters is 2. The Bertz CT molecular complexity index is 1350. The molecule has 0 amide bonds. The summed E-state index contributed by atoms with van der Waals surface area (Å²) in [4.78, 5) is 51.8. The van der Waals surface area contributed by atoms with Crippen LogP contribution in [0.3, 0.4) is 0 Å². The lowest BCUT2D eigenvalue weighted by atomic mass is 9.43. The molecule has 4 saturated carbocycles. The van der Waals surface area contributed by atoms with Gasteiger partial charge in [0, 0.05) is 51.3 Å². The number of hydrazone groups is 1. The Morgan fingerprint density at radius 3 is 2.34 bits per heavy atom. The Hall–Kier alpha value is -2.77. The highest BCUT2D eigenvalue weighted by Gasteiger charge is 2.81. The van der Waals surface area contributed by atoms with Crippen LogP contribution >= 0.6 is 0 Å². The second-order valence-electron chi connectivity index (χ2n) is 15.5. The van der Waals surface area contributed by atoms with Crippen LogP contribution in [0.4, 0.5) is 0 Å². The molecule has 5 aliphatic rings. The van der Waals surface area contributed by atoms with Crippen molar-refractivity contribution in [3.05, 3.63) is 23.3 Å². The van der Waals surface area contributed by atoms with E-state index in [-0.39, 0.29) is 56.9 Å². The largest absolute Gasteiger partial charge is 0.462 e. The number of fused-ring (bicyclic) bond motifs is 2. The summed E-state index contributed by atoms with van der Waals surface area (Å²) in [6.45, 7) is 15.2. The first kappa shape index (κ1) is 32.6. The maximum Gasteiger partial charge on any atom is 0.303 e. The number of nitrogens with zero attached hydrogens (tertiary/aromatic N) is 2. The SMILES string of the molecule is CC(=O)O[C@H]1C[C@@]2(C)[C@@H]3CC[C@H]4[C@H](C)C(=O)C=C[C@@]45C[C@@]35CC[C@]2(C)[C@H]1[C@H](C)[C@@H](OC(C)=O)C(=O)C(C)=C(C)C=NN(C)C. The van der Waals surface area contributed by atoms with Crippen molar-refractivity contribution in [2.24, 2.45) is 56.4 Å². The lowest BCUT2D eigenvalue weighted by molar-refractivity contribution is -0.166. The molecular weight excluding hydrogens is 556 g/mol. The van der Waals surface area contributed by atoms with Gasteiger partial charge in [0.05, 0.1) is 6.21 Å². The van der Waals surface area contributed by atoms with Crippen LogP contribution in [0.2, 0.25) is 0 Å². The van der Waals surface area contributed by atoms with Crippen molar-refractivity contribution >= 4 is 29.7 Å². The van der Waals surface area contributed by atoms with Crippen molar-refractivity contribution in [1.82, 2.24) is 5.01 Å². The van der Waals surface area contributed by atoms with Gasteiger partial charge in [-0.15, -0.1) is 0 Å². The summed E-state index contributed by atoms with van der Waals surface area (Å²) in [5.74, 6) is -0.522. The molecule has 0 saturated heterocycles. The molecule has 0 aromatic carbocycles. The fraction of sp³-hybridized carbons (Fsp3) is 0.750. The van der Waals surface area contributed by atoms with Crippen molar-refractivity contribution in [2.45, 2.75) is 106 Å². The summed E-state index contributed by atoms with van der Waals surface area (Å²) in [7, 11) is 3.62. The Kier molecular flexibility index (Phi) is 8.11. The molecule has 8 nitrogen and oxygen atoms in total. The lowest BCUT2D eigenvalue weighted by Crippen LogP contribution is -2.56. The summed E-state index contributed by atoms with van der Waals surface area (Å²) in [5.41, 5.74) is 1.03. The third-order valence-corrected chi connectivity index (χ3v) is 13.4. The monoisotopic (exact) mass is 608 g/mol. The molecule has 5 aliphatic carbocycles. The number of Topliss-reactive ketones (excluding diaryl/α,β-unsaturated/α-hetero) is 1. The first-order valence-corrected chi connectivity index (χ1v) is 16.5. The van der Waals surface area contributed by atoms with Crippen LogP contribution in [0.15, 0.2) is 28.4 Å². The molecule has 0 aromatic heterocycles. The zero-order valence-electron chi connectivity index (χ0n) is 28.4. The van der Waals surface area contributed by atoms with E-state index in [2.05, 4.69) is 31.9 Å². The third-order valence-electron chi connectivity index (χ3n) is 13.4. The predicted octanol–water partition coefficient (Wildman–Crippen LogP) is 5.94. The fourth-order valence-corrected chi connectivity index (χ4v) is 11.1. The first-order valence-electron chi connectivity index (χ1n) is 16.5. The van der Waals surface area contributed by atoms with Gasteiger partial charge >= 0.3 is 11.9 Å². The van der Waals surface area contributed by atoms with E-state index in [1.807, 2.05) is 34.0 Å². The van der Waals surface area contributed by atoms with Gasteiger partial charge in [0.2, 0.25) is 0 Å². The van der Waals surface area contributed by atoms with E-state index in [9.17, 15) is 19.2 Å². The molecule has 4 fully saturated rings. The van der Waals surface area contributed by atoms with Crippen LogP contribution < -0.4 is 0 Å². The molecule has 0 unspecified atom stereocenters. The molecular formula is C36H52N2O6. The molecule has 0 N–H and O–H groups in total. The molecule has 0 aromatic rings. The van der Waals surface area contributed by atoms with Gasteiger partial charge < -0.3 is 14.5 Å². The third kappa shape index (κ3) is 4.63. The number of ether oxygens (including phenoxy) is 2. The van der Waals surface area contributed by atoms with Crippen LogP contribution in [0.1, 0.15) is 93.9 Å². The quantitative estimate of drug-likeness (QED) is 0.145. The maximum absolute atomic E-state index is 14.1. The van der Waals surface area contributed by atoms with E-state index in [4.69, 9.17) is 9.47 Å². The maximum atomic E-state index is 14.1. The standard InChI is InChI=1S/C36H52N2O6/c1-20(18-37-38(9)10)21(2)31(42)32(44-25(6)40)23(4)30-28(43-24(5)39)17-34(8)29-12-11-26-22(3)27(41)13-14-35(26)19-36(29,35)16-15-33(30,34)7/h13-14,18,22-23,26,28-30,32H,11-12,15-17,19H2,1-10H3/t22-,23-,26-,28-,29-,30-,32+,33+,34-,35+,36-/m0/s1. The van der Waals surface area contributed by atoms with Crippen LogP contribution in [0, 0.1) is 51.2 Å². The molecule has 11 atom stereocenters. The van der Waals surface area contributed by atoms with Crippen molar-refractivity contribution in [2.75, 3.05) is 14.1 Å². The molecule has 44 heavy (non-hydrogen) atoms. The second kappa shape index (κ2) is 10.9. The zero-order valence-corrected chi connectivity index (χ0v) is 28.4. The van der Waals surface area contributed by atoms with Crippen LogP contribution in [-0.4, -0.2) is 61.0 Å². The van der Waals surface area contributed by atoms with E-state index in [0.29, 0.717) is 29.4 Å². The van der Waals surface area contributed by atoms with Crippen molar-refractivity contribution < 1.29 is 28.7 Å². The Labute approximate surface area is 263 Å². The van der Waals surface area contributed by atoms with Crippen molar-refractivity contribution in [1.29, 1.82) is 0 Å². The van der Waals surface area contributed by atoms with Gasteiger partial charge in [-0.1, -0.05) is 33.8 Å². The molecule has 0 bridgehead atoms. The molecule has 5 rings (SSSR count). The van der Waals surface area contributed by atoms with Gasteiger partial charge in [-0.05, 0) is 97.5 Å². The highest BCUT2D eigenvalue weighted by Crippen LogP contribution is 2.87. The van der Waals surface area contributed by atoms with Gasteiger partial charge in [0.15, 0.2) is 17.7 Å². The van der Waals surface area contributed by atoms with Gasteiger partial charge in [-0.25, -0.2) is 0 Å². The summed E-state index contributed by atoms with van der Waals surface area (Å²) in [5, 5.41) is 5.94. The Morgan fingerprint density at radius 2 is 1.73 bits per heavy atom. The average Bonchev–Trinajstić information content (AvgIpc) is 3.55. The normalized spacial score (nSPS) is 42.2. The number of carbonyl (C=O) groups is 4. The van der Waals surface area contributed by atoms with Gasteiger partial charge in [0.1, 0.15) is 6.10 Å². The molecule has 242 valence electrons. The highest BCUT2D eigenvalue weighted by atomic mass is 16.6. The second-order valence-corrected chi connectivity index (χ2v) is 15.5. The number of carbonyl (C=O) groups excluding carboxylic acids is 4. The topological polar surface area (TPSA) is 102 Å². The summed E-state index contributed by atoms with van der Waals surface area (Å²) in [6, 6.07) is 0. The van der Waals surface area contributed by atoms with Crippen molar-refractivity contribution in [3.63, 3.8) is 0 Å². The highest BCUT2D eigenvalue weighted by molar-refractivity contribution is 6.04. The summed E-state index contributed by atoms with van der Waals surface area (Å²) >= 11 is 0. The van der Waals surface area contributed by atoms with E-state index in [1.54, 1.807) is 18.1 Å². The minimum Gasteiger partial charge on any atom is -0.462 e. The van der Waals surface area contributed by atoms with Crippen molar-refractivity contribution in [3.8, 4) is 0 Å². The van der Waals surface area contributed by atoms with Crippen LogP contribution in [-0.2, 0) is 28.7 Å². The van der Waals surface area contributed by atoms with E-state index < -0.39 is 18.2 Å². The van der Waals surface area contributed by atoms with E-state index in [0.717, 1.165) is 32.1 Å². The minimum atomic E-state index is -1.01. The van der Waals surface area contributed by atoms with Crippen LogP contribution in [0.5, 0.6) is 0 Å². The van der Waals surface area contributed by atoms with Gasteiger partial charge in [-0.3, -0.25) is 19.2 Å². The summed E-state index contributed by atoms with van der Waals surface area (Å²) < 4.78 is 12.0. The van der Waals surface area contributed by atoms with E-state index >= 15 is 0 Å². The molecule has 0 heterocycles. The van der Waals surface area contributed by atoms with Gasteiger partial charge in [0.25, 0.3) is 0 Å². The Balaban J connectivity index is 1.54. The number of hydrogen-bond acceptors (Lipinski definition) is 8. The lowest BCUT2D eigenvalue weighted by Gasteiger charge is -2.61. The Morgan fingerprint density at radius 1 is 1.05 bits per heavy atom. The number of ketones is 2.